The SMILES string of the molecule is CCCCOC(=O)C(Cc1ccccc1)c1c(O)c2ccccc2oc1=O. The molecule has 0 saturated carbocycles. The number of esters is 1. The van der Waals surface area contributed by atoms with Gasteiger partial charge in [0, 0.05) is 0 Å². The van der Waals surface area contributed by atoms with E-state index in [1.54, 1.807) is 24.3 Å². The molecule has 3 rings (SSSR count). The topological polar surface area (TPSA) is 76.7 Å². The van der Waals surface area contributed by atoms with Gasteiger partial charge in [-0.15, -0.1) is 0 Å². The number of carbonyl (C=O) groups is 1. The van der Waals surface area contributed by atoms with Crippen molar-refractivity contribution >= 4 is 16.9 Å². The van der Waals surface area contributed by atoms with E-state index in [9.17, 15) is 14.7 Å². The van der Waals surface area contributed by atoms with Gasteiger partial charge in [0.1, 0.15) is 11.3 Å². The maximum absolute atomic E-state index is 12.7. The zero-order valence-corrected chi connectivity index (χ0v) is 15.2. The summed E-state index contributed by atoms with van der Waals surface area (Å²) in [5.41, 5.74) is 0.363. The number of benzene rings is 2. The highest BCUT2D eigenvalue weighted by molar-refractivity contribution is 5.87. The first-order valence-corrected chi connectivity index (χ1v) is 9.07. The molecule has 3 aromatic rings. The van der Waals surface area contributed by atoms with Crippen molar-refractivity contribution in [1.82, 2.24) is 0 Å². The third kappa shape index (κ3) is 4.19. The third-order valence-electron chi connectivity index (χ3n) is 4.48. The Hall–Kier alpha value is -3.08. The second-order valence-electron chi connectivity index (χ2n) is 6.41. The second-order valence-corrected chi connectivity index (χ2v) is 6.41. The van der Waals surface area contributed by atoms with Crippen molar-refractivity contribution in [1.29, 1.82) is 0 Å². The van der Waals surface area contributed by atoms with Gasteiger partial charge < -0.3 is 14.3 Å². The van der Waals surface area contributed by atoms with Crippen LogP contribution in [0.2, 0.25) is 0 Å². The van der Waals surface area contributed by atoms with Crippen LogP contribution >= 0.6 is 0 Å². The number of hydrogen-bond acceptors (Lipinski definition) is 5. The highest BCUT2D eigenvalue weighted by atomic mass is 16.5. The molecule has 1 atom stereocenters. The van der Waals surface area contributed by atoms with E-state index in [1.807, 2.05) is 37.3 Å². The number of fused-ring (bicyclic) bond motifs is 1. The molecule has 0 amide bonds. The molecule has 0 radical (unpaired) electrons. The fourth-order valence-electron chi connectivity index (χ4n) is 3.03. The molecular weight excluding hydrogens is 344 g/mol. The summed E-state index contributed by atoms with van der Waals surface area (Å²) in [5.74, 6) is -1.70. The van der Waals surface area contributed by atoms with Crippen LogP contribution in [-0.4, -0.2) is 17.7 Å². The molecular formula is C22H22O5. The van der Waals surface area contributed by atoms with Crippen molar-refractivity contribution in [3.8, 4) is 5.75 Å². The lowest BCUT2D eigenvalue weighted by Crippen LogP contribution is -2.24. The number of unbranched alkanes of at least 4 members (excludes halogenated alkanes) is 1. The zero-order valence-electron chi connectivity index (χ0n) is 15.2. The van der Waals surface area contributed by atoms with Gasteiger partial charge in [-0.3, -0.25) is 4.79 Å². The van der Waals surface area contributed by atoms with Gasteiger partial charge in [-0.05, 0) is 30.5 Å². The molecule has 0 aliphatic carbocycles. The number of para-hydroxylation sites is 1. The molecule has 5 heteroatoms. The average molecular weight is 366 g/mol. The lowest BCUT2D eigenvalue weighted by Gasteiger charge is -2.17. The van der Waals surface area contributed by atoms with Crippen LogP contribution in [0.4, 0.5) is 0 Å². The molecule has 1 heterocycles. The van der Waals surface area contributed by atoms with Gasteiger partial charge in [0.15, 0.2) is 0 Å². The van der Waals surface area contributed by atoms with Gasteiger partial charge in [-0.2, -0.15) is 0 Å². The zero-order chi connectivity index (χ0) is 19.2. The first-order chi connectivity index (χ1) is 13.1. The Labute approximate surface area is 157 Å². The van der Waals surface area contributed by atoms with Gasteiger partial charge in [-0.25, -0.2) is 4.79 Å². The molecule has 27 heavy (non-hydrogen) atoms. The first-order valence-electron chi connectivity index (χ1n) is 9.07. The van der Waals surface area contributed by atoms with Crippen LogP contribution in [0.25, 0.3) is 11.0 Å². The Kier molecular flexibility index (Phi) is 5.91. The Bertz CT molecular complexity index is 975. The van der Waals surface area contributed by atoms with E-state index < -0.39 is 17.5 Å². The van der Waals surface area contributed by atoms with Crippen LogP contribution in [0, 0.1) is 0 Å². The molecule has 0 aliphatic rings. The Balaban J connectivity index is 2.05. The molecule has 5 nitrogen and oxygen atoms in total. The van der Waals surface area contributed by atoms with Crippen molar-refractivity contribution in [3.63, 3.8) is 0 Å². The van der Waals surface area contributed by atoms with Crippen molar-refractivity contribution in [2.24, 2.45) is 0 Å². The van der Waals surface area contributed by atoms with E-state index in [0.29, 0.717) is 5.39 Å². The van der Waals surface area contributed by atoms with E-state index in [1.165, 1.54) is 0 Å². The van der Waals surface area contributed by atoms with E-state index >= 15 is 0 Å². The molecule has 140 valence electrons. The van der Waals surface area contributed by atoms with E-state index in [-0.39, 0.29) is 29.9 Å². The second kappa shape index (κ2) is 8.54. The van der Waals surface area contributed by atoms with Crippen LogP contribution in [-0.2, 0) is 16.0 Å². The number of aromatic hydroxyl groups is 1. The summed E-state index contributed by atoms with van der Waals surface area (Å²) >= 11 is 0. The smallest absolute Gasteiger partial charge is 0.344 e. The molecule has 0 aliphatic heterocycles. The summed E-state index contributed by atoms with van der Waals surface area (Å²) < 4.78 is 10.7. The molecule has 0 saturated heterocycles. The van der Waals surface area contributed by atoms with Crippen LogP contribution in [0.5, 0.6) is 5.75 Å². The molecule has 1 unspecified atom stereocenters. The van der Waals surface area contributed by atoms with Crippen LogP contribution in [0.1, 0.15) is 36.8 Å². The molecule has 0 fully saturated rings. The summed E-state index contributed by atoms with van der Waals surface area (Å²) in [5, 5.41) is 11.1. The minimum absolute atomic E-state index is 0.0564. The highest BCUT2D eigenvalue weighted by Gasteiger charge is 2.30. The summed E-state index contributed by atoms with van der Waals surface area (Å²) in [6.45, 7) is 2.28. The van der Waals surface area contributed by atoms with Crippen LogP contribution in [0.15, 0.2) is 63.8 Å². The van der Waals surface area contributed by atoms with Gasteiger partial charge in [0.25, 0.3) is 0 Å². The normalized spacial score (nSPS) is 12.0. The van der Waals surface area contributed by atoms with Gasteiger partial charge in [-0.1, -0.05) is 55.8 Å². The van der Waals surface area contributed by atoms with E-state index in [2.05, 4.69) is 0 Å². The van der Waals surface area contributed by atoms with Gasteiger partial charge in [0.05, 0.1) is 23.5 Å². The Morgan fingerprint density at radius 3 is 2.56 bits per heavy atom. The first kappa shape index (κ1) is 18.7. The Morgan fingerprint density at radius 2 is 1.81 bits per heavy atom. The van der Waals surface area contributed by atoms with Crippen LogP contribution < -0.4 is 5.63 Å². The average Bonchev–Trinajstić information content (AvgIpc) is 2.68. The van der Waals surface area contributed by atoms with Crippen molar-refractivity contribution in [2.75, 3.05) is 6.61 Å². The molecule has 1 N–H and O–H groups in total. The number of ether oxygens (including phenoxy) is 1. The Morgan fingerprint density at radius 1 is 1.11 bits per heavy atom. The maximum atomic E-state index is 12.7. The number of rotatable bonds is 7. The van der Waals surface area contributed by atoms with E-state index in [4.69, 9.17) is 9.15 Å². The molecule has 1 aromatic heterocycles. The van der Waals surface area contributed by atoms with Crippen molar-refractivity contribution < 1.29 is 19.1 Å². The lowest BCUT2D eigenvalue weighted by atomic mass is 9.91. The maximum Gasteiger partial charge on any atom is 0.344 e. The van der Waals surface area contributed by atoms with Crippen LogP contribution in [0.3, 0.4) is 0 Å². The molecule has 0 bridgehead atoms. The number of carbonyl (C=O) groups excluding carboxylic acids is 1. The minimum Gasteiger partial charge on any atom is -0.507 e. The summed E-state index contributed by atoms with van der Waals surface area (Å²) in [6.07, 6.45) is 1.87. The summed E-state index contributed by atoms with van der Waals surface area (Å²) in [4.78, 5) is 25.3. The number of hydrogen-bond donors (Lipinski definition) is 1. The fraction of sp³-hybridized carbons (Fsp3) is 0.273. The van der Waals surface area contributed by atoms with Gasteiger partial charge in [0.2, 0.25) is 0 Å². The predicted molar refractivity (Wildman–Crippen MR) is 103 cm³/mol. The lowest BCUT2D eigenvalue weighted by molar-refractivity contribution is -0.145. The van der Waals surface area contributed by atoms with Crippen molar-refractivity contribution in [2.45, 2.75) is 32.1 Å². The highest BCUT2D eigenvalue weighted by Crippen LogP contribution is 2.33. The molecule has 0 spiro atoms. The van der Waals surface area contributed by atoms with Crippen molar-refractivity contribution in [3.05, 3.63) is 76.1 Å². The third-order valence-corrected chi connectivity index (χ3v) is 4.48. The summed E-state index contributed by atoms with van der Waals surface area (Å²) in [7, 11) is 0. The largest absolute Gasteiger partial charge is 0.507 e. The monoisotopic (exact) mass is 366 g/mol. The van der Waals surface area contributed by atoms with E-state index in [0.717, 1.165) is 18.4 Å². The minimum atomic E-state index is -0.940. The predicted octanol–water partition coefficient (Wildman–Crippen LogP) is 4.17. The quantitative estimate of drug-likeness (QED) is 0.386. The fourth-order valence-corrected chi connectivity index (χ4v) is 3.03. The standard InChI is InChI=1S/C22H22O5/c1-2-3-13-26-21(24)17(14-15-9-5-4-6-10-15)19-20(23)16-11-7-8-12-18(16)27-22(19)25/h4-12,17,23H,2-3,13-14H2,1H3. The van der Waals surface area contributed by atoms with Gasteiger partial charge >= 0.3 is 11.6 Å². The molecule has 2 aromatic carbocycles. The summed E-state index contributed by atoms with van der Waals surface area (Å²) in [6, 6.07) is 16.0.